The van der Waals surface area contributed by atoms with Crippen molar-refractivity contribution in [2.24, 2.45) is 5.41 Å². The topological polar surface area (TPSA) is 40.9 Å². The SMILES string of the molecule is N#CC1(C(=O)c2cccc(C(F)(F)F)c2)CCC1. The van der Waals surface area contributed by atoms with Gasteiger partial charge in [-0.1, -0.05) is 12.1 Å². The average molecular weight is 253 g/mol. The Morgan fingerprint density at radius 1 is 1.33 bits per heavy atom. The van der Waals surface area contributed by atoms with E-state index in [2.05, 4.69) is 0 Å². The lowest BCUT2D eigenvalue weighted by Gasteiger charge is -2.33. The highest BCUT2D eigenvalue weighted by Gasteiger charge is 2.45. The lowest BCUT2D eigenvalue weighted by atomic mass is 9.65. The van der Waals surface area contributed by atoms with E-state index < -0.39 is 22.9 Å². The van der Waals surface area contributed by atoms with Crippen LogP contribution in [0.1, 0.15) is 35.2 Å². The van der Waals surface area contributed by atoms with Crippen molar-refractivity contribution < 1.29 is 18.0 Å². The molecule has 0 radical (unpaired) electrons. The third-order valence-corrected chi connectivity index (χ3v) is 3.31. The van der Waals surface area contributed by atoms with E-state index in [9.17, 15) is 18.0 Å². The zero-order valence-corrected chi connectivity index (χ0v) is 9.42. The third-order valence-electron chi connectivity index (χ3n) is 3.31. The number of carbonyl (C=O) groups excluding carboxylic acids is 1. The Morgan fingerprint density at radius 2 is 2.00 bits per heavy atom. The van der Waals surface area contributed by atoms with Gasteiger partial charge in [-0.15, -0.1) is 0 Å². The van der Waals surface area contributed by atoms with Gasteiger partial charge < -0.3 is 0 Å². The van der Waals surface area contributed by atoms with Gasteiger partial charge in [0.2, 0.25) is 0 Å². The predicted molar refractivity (Wildman–Crippen MR) is 57.7 cm³/mol. The van der Waals surface area contributed by atoms with Crippen molar-refractivity contribution in [3.05, 3.63) is 35.4 Å². The number of ketones is 1. The Bertz CT molecular complexity index is 524. The summed E-state index contributed by atoms with van der Waals surface area (Å²) in [7, 11) is 0. The molecule has 0 aliphatic heterocycles. The molecule has 0 N–H and O–H groups in total. The Kier molecular flexibility index (Phi) is 2.89. The van der Waals surface area contributed by atoms with Crippen molar-refractivity contribution in [2.45, 2.75) is 25.4 Å². The summed E-state index contributed by atoms with van der Waals surface area (Å²) in [5.74, 6) is -0.498. The first-order chi connectivity index (χ1) is 8.39. The molecule has 2 rings (SSSR count). The molecule has 0 spiro atoms. The predicted octanol–water partition coefficient (Wildman–Crippen LogP) is 3.58. The summed E-state index contributed by atoms with van der Waals surface area (Å²) in [5, 5.41) is 9.00. The largest absolute Gasteiger partial charge is 0.416 e. The molecule has 2 nitrogen and oxygen atoms in total. The number of Topliss-reactive ketones (excluding diaryl/α,β-unsaturated/α-hetero) is 1. The maximum Gasteiger partial charge on any atom is 0.416 e. The Labute approximate surface area is 102 Å². The van der Waals surface area contributed by atoms with Gasteiger partial charge in [0, 0.05) is 5.56 Å². The molecule has 1 aliphatic carbocycles. The van der Waals surface area contributed by atoms with Crippen molar-refractivity contribution in [3.8, 4) is 6.07 Å². The fourth-order valence-corrected chi connectivity index (χ4v) is 2.03. The van der Waals surface area contributed by atoms with Crippen LogP contribution in [0.3, 0.4) is 0 Å². The van der Waals surface area contributed by atoms with E-state index in [1.54, 1.807) is 0 Å². The number of rotatable bonds is 2. The van der Waals surface area contributed by atoms with E-state index >= 15 is 0 Å². The van der Waals surface area contributed by atoms with Gasteiger partial charge in [0.15, 0.2) is 5.78 Å². The number of alkyl halides is 3. The Morgan fingerprint density at radius 3 is 2.44 bits per heavy atom. The van der Waals surface area contributed by atoms with Crippen LogP contribution in [-0.2, 0) is 6.18 Å². The van der Waals surface area contributed by atoms with Crippen LogP contribution in [-0.4, -0.2) is 5.78 Å². The van der Waals surface area contributed by atoms with Crippen LogP contribution in [0.25, 0.3) is 0 Å². The monoisotopic (exact) mass is 253 g/mol. The molecule has 0 heterocycles. The van der Waals surface area contributed by atoms with Crippen molar-refractivity contribution >= 4 is 5.78 Å². The van der Waals surface area contributed by atoms with E-state index in [4.69, 9.17) is 5.26 Å². The molecule has 1 fully saturated rings. The number of benzene rings is 1. The minimum atomic E-state index is -4.48. The lowest BCUT2D eigenvalue weighted by molar-refractivity contribution is -0.137. The van der Waals surface area contributed by atoms with Gasteiger partial charge in [-0.2, -0.15) is 18.4 Å². The van der Waals surface area contributed by atoms with Crippen LogP contribution in [0.5, 0.6) is 0 Å². The molecule has 5 heteroatoms. The summed E-state index contributed by atoms with van der Waals surface area (Å²) in [6, 6.07) is 6.20. The molecule has 0 aromatic heterocycles. The molecule has 1 aliphatic rings. The minimum absolute atomic E-state index is 0.0360. The summed E-state index contributed by atoms with van der Waals surface area (Å²) in [6.45, 7) is 0. The van der Waals surface area contributed by atoms with Crippen LogP contribution in [0.15, 0.2) is 24.3 Å². The molecule has 1 saturated carbocycles. The minimum Gasteiger partial charge on any atom is -0.292 e. The molecule has 1 aromatic rings. The first-order valence-electron chi connectivity index (χ1n) is 5.52. The van der Waals surface area contributed by atoms with Gasteiger partial charge >= 0.3 is 6.18 Å². The van der Waals surface area contributed by atoms with E-state index in [0.717, 1.165) is 18.6 Å². The zero-order chi connectivity index (χ0) is 13.4. The van der Waals surface area contributed by atoms with Crippen LogP contribution >= 0.6 is 0 Å². The molecule has 94 valence electrons. The van der Waals surface area contributed by atoms with Gasteiger partial charge in [0.1, 0.15) is 5.41 Å². The molecule has 1 aromatic carbocycles. The number of nitriles is 1. The summed E-state index contributed by atoms with van der Waals surface area (Å²) in [5.41, 5.74) is -2.00. The van der Waals surface area contributed by atoms with Gasteiger partial charge in [0.25, 0.3) is 0 Å². The highest BCUT2D eigenvalue weighted by Crippen LogP contribution is 2.43. The maximum atomic E-state index is 12.5. The molecule has 0 unspecified atom stereocenters. The van der Waals surface area contributed by atoms with E-state index in [0.29, 0.717) is 12.8 Å². The van der Waals surface area contributed by atoms with Crippen molar-refractivity contribution in [2.75, 3.05) is 0 Å². The quantitative estimate of drug-likeness (QED) is 0.756. The molecule has 0 atom stereocenters. The van der Waals surface area contributed by atoms with Crippen LogP contribution in [0, 0.1) is 16.7 Å². The van der Waals surface area contributed by atoms with Gasteiger partial charge in [-0.3, -0.25) is 4.79 Å². The zero-order valence-electron chi connectivity index (χ0n) is 9.42. The Hall–Kier alpha value is -1.83. The van der Waals surface area contributed by atoms with Crippen LogP contribution < -0.4 is 0 Å². The van der Waals surface area contributed by atoms with Gasteiger partial charge in [0.05, 0.1) is 11.6 Å². The molecule has 18 heavy (non-hydrogen) atoms. The van der Waals surface area contributed by atoms with Crippen molar-refractivity contribution in [1.29, 1.82) is 5.26 Å². The summed E-state index contributed by atoms with van der Waals surface area (Å²) in [6.07, 6.45) is -2.86. The molecule has 0 bridgehead atoms. The average Bonchev–Trinajstić information content (AvgIpc) is 2.27. The maximum absolute atomic E-state index is 12.5. The van der Waals surface area contributed by atoms with E-state index in [1.165, 1.54) is 12.1 Å². The smallest absolute Gasteiger partial charge is 0.292 e. The second kappa shape index (κ2) is 4.13. The van der Waals surface area contributed by atoms with Gasteiger partial charge in [-0.25, -0.2) is 0 Å². The van der Waals surface area contributed by atoms with E-state index in [1.807, 2.05) is 6.07 Å². The lowest BCUT2D eigenvalue weighted by Crippen LogP contribution is -2.36. The summed E-state index contributed by atoms with van der Waals surface area (Å²) >= 11 is 0. The van der Waals surface area contributed by atoms with Crippen LogP contribution in [0.2, 0.25) is 0 Å². The second-order valence-electron chi connectivity index (χ2n) is 4.46. The van der Waals surface area contributed by atoms with Crippen LogP contribution in [0.4, 0.5) is 13.2 Å². The van der Waals surface area contributed by atoms with Crippen molar-refractivity contribution in [3.63, 3.8) is 0 Å². The molecule has 0 amide bonds. The fourth-order valence-electron chi connectivity index (χ4n) is 2.03. The standard InChI is InChI=1S/C13H10F3NO/c14-13(15,16)10-4-1-3-9(7-10)11(18)12(8-17)5-2-6-12/h1,3-4,7H,2,5-6H2. The van der Waals surface area contributed by atoms with E-state index in [-0.39, 0.29) is 5.56 Å². The van der Waals surface area contributed by atoms with Gasteiger partial charge in [-0.05, 0) is 31.4 Å². The number of halogens is 3. The highest BCUT2D eigenvalue weighted by atomic mass is 19.4. The first-order valence-corrected chi connectivity index (χ1v) is 5.52. The Balaban J connectivity index is 2.35. The first kappa shape index (κ1) is 12.6. The molecule has 0 saturated heterocycles. The number of carbonyl (C=O) groups is 1. The third kappa shape index (κ3) is 1.99. The second-order valence-corrected chi connectivity index (χ2v) is 4.46. The number of nitrogens with zero attached hydrogens (tertiary/aromatic N) is 1. The number of hydrogen-bond donors (Lipinski definition) is 0. The summed E-state index contributed by atoms with van der Waals surface area (Å²) in [4.78, 5) is 12.1. The normalized spacial score (nSPS) is 17.7. The molecular weight excluding hydrogens is 243 g/mol. The van der Waals surface area contributed by atoms with Crippen molar-refractivity contribution in [1.82, 2.24) is 0 Å². The number of hydrogen-bond acceptors (Lipinski definition) is 2. The summed E-state index contributed by atoms with van der Waals surface area (Å²) < 4.78 is 37.6. The highest BCUT2D eigenvalue weighted by molar-refractivity contribution is 6.03. The fraction of sp³-hybridized carbons (Fsp3) is 0.385. The molecular formula is C13H10F3NO.